The number of alkyl halides is 3. The lowest BCUT2D eigenvalue weighted by atomic mass is 10.1. The van der Waals surface area contributed by atoms with Crippen LogP contribution in [-0.2, 0) is 15.8 Å². The highest BCUT2D eigenvalue weighted by Gasteiger charge is 2.39. The first kappa shape index (κ1) is 26.8. The fourth-order valence-electron chi connectivity index (χ4n) is 3.34. The SMILES string of the molecule is O=C(Nc1ccc(Cl)c(C(F)(F)F)c1)c1ccc(NC2=C(Cl)C(=O)N(c3ccc(Cl)c(Cl)c3)C2=O)cc1. The minimum absolute atomic E-state index is 0.0988. The molecule has 13 heteroatoms. The van der Waals surface area contributed by atoms with Crippen LogP contribution in [0.4, 0.5) is 30.2 Å². The number of nitrogens with zero attached hydrogens (tertiary/aromatic N) is 1. The number of hydrogen-bond donors (Lipinski definition) is 2. The molecule has 0 unspecified atom stereocenters. The first-order valence-electron chi connectivity index (χ1n) is 10.2. The Hall–Kier alpha value is -3.24. The number of halogens is 7. The van der Waals surface area contributed by atoms with Crippen molar-refractivity contribution in [2.45, 2.75) is 6.18 Å². The van der Waals surface area contributed by atoms with Crippen molar-refractivity contribution in [3.8, 4) is 0 Å². The molecule has 0 atom stereocenters. The fourth-order valence-corrected chi connectivity index (χ4v) is 4.07. The monoisotopic (exact) mass is 587 g/mol. The van der Waals surface area contributed by atoms with Crippen LogP contribution in [0.2, 0.25) is 15.1 Å². The van der Waals surface area contributed by atoms with Crippen LogP contribution in [0.1, 0.15) is 15.9 Å². The predicted octanol–water partition coefficient (Wildman–Crippen LogP) is 7.35. The molecule has 0 bridgehead atoms. The molecule has 0 saturated heterocycles. The summed E-state index contributed by atoms with van der Waals surface area (Å²) in [7, 11) is 0. The molecule has 0 spiro atoms. The molecular weight excluding hydrogens is 577 g/mol. The minimum Gasteiger partial charge on any atom is -0.350 e. The zero-order valence-corrected chi connectivity index (χ0v) is 21.1. The van der Waals surface area contributed by atoms with E-state index in [4.69, 9.17) is 46.4 Å². The summed E-state index contributed by atoms with van der Waals surface area (Å²) in [5.74, 6) is -2.19. The van der Waals surface area contributed by atoms with Gasteiger partial charge in [0.05, 0.1) is 26.3 Å². The second kappa shape index (κ2) is 10.3. The van der Waals surface area contributed by atoms with Gasteiger partial charge in [-0.2, -0.15) is 13.2 Å². The zero-order chi connectivity index (χ0) is 27.1. The summed E-state index contributed by atoms with van der Waals surface area (Å²) in [6, 6.07) is 12.8. The average Bonchev–Trinajstić information content (AvgIpc) is 3.05. The number of hydrogen-bond acceptors (Lipinski definition) is 4. The van der Waals surface area contributed by atoms with Gasteiger partial charge in [-0.1, -0.05) is 46.4 Å². The van der Waals surface area contributed by atoms with Crippen molar-refractivity contribution < 1.29 is 27.6 Å². The lowest BCUT2D eigenvalue weighted by molar-refractivity contribution is -0.137. The third-order valence-corrected chi connectivity index (χ3v) is 6.55. The topological polar surface area (TPSA) is 78.5 Å². The van der Waals surface area contributed by atoms with Crippen LogP contribution >= 0.6 is 46.4 Å². The Balaban J connectivity index is 1.48. The van der Waals surface area contributed by atoms with E-state index in [9.17, 15) is 27.6 Å². The summed E-state index contributed by atoms with van der Waals surface area (Å²) < 4.78 is 39.2. The molecule has 0 radical (unpaired) electrons. The number of imide groups is 1. The van der Waals surface area contributed by atoms with E-state index in [2.05, 4.69) is 10.6 Å². The Bertz CT molecular complexity index is 1470. The third-order valence-electron chi connectivity index (χ3n) is 5.13. The molecular formula is C24H12Cl4F3N3O3. The Morgan fingerprint density at radius 3 is 2.00 bits per heavy atom. The van der Waals surface area contributed by atoms with E-state index in [1.54, 1.807) is 0 Å². The van der Waals surface area contributed by atoms with Gasteiger partial charge in [-0.15, -0.1) is 0 Å². The smallest absolute Gasteiger partial charge is 0.350 e. The third kappa shape index (κ3) is 5.55. The van der Waals surface area contributed by atoms with E-state index >= 15 is 0 Å². The summed E-state index contributed by atoms with van der Waals surface area (Å²) in [5, 5.41) is 4.64. The standard InChI is InChI=1S/C24H12Cl4F3N3O3/c25-16-7-5-13(9-15(16)24(29,30)31)33-21(35)11-1-3-12(4-2-11)32-20-19(28)22(36)34(23(20)37)14-6-8-17(26)18(27)10-14/h1-10,32H,(H,33,35). The molecule has 1 aliphatic rings. The van der Waals surface area contributed by atoms with Crippen molar-refractivity contribution in [1.82, 2.24) is 0 Å². The molecule has 190 valence electrons. The maximum absolute atomic E-state index is 13.1. The minimum atomic E-state index is -4.68. The molecule has 0 fully saturated rings. The maximum Gasteiger partial charge on any atom is 0.417 e. The van der Waals surface area contributed by atoms with E-state index in [1.165, 1.54) is 48.5 Å². The highest BCUT2D eigenvalue weighted by Crippen LogP contribution is 2.36. The molecule has 1 heterocycles. The molecule has 1 aliphatic heterocycles. The first-order valence-corrected chi connectivity index (χ1v) is 11.7. The van der Waals surface area contributed by atoms with Gasteiger partial charge >= 0.3 is 6.18 Å². The van der Waals surface area contributed by atoms with Crippen LogP contribution in [0.15, 0.2) is 71.4 Å². The van der Waals surface area contributed by atoms with Crippen molar-refractivity contribution in [3.63, 3.8) is 0 Å². The largest absolute Gasteiger partial charge is 0.417 e. The number of carbonyl (C=O) groups excluding carboxylic acids is 3. The molecule has 2 N–H and O–H groups in total. The van der Waals surface area contributed by atoms with E-state index in [0.717, 1.165) is 17.0 Å². The summed E-state index contributed by atoms with van der Waals surface area (Å²) in [6.07, 6.45) is -4.68. The lowest BCUT2D eigenvalue weighted by Gasteiger charge is -2.16. The summed E-state index contributed by atoms with van der Waals surface area (Å²) in [5.41, 5.74) is -0.785. The number of carbonyl (C=O) groups is 3. The van der Waals surface area contributed by atoms with Gasteiger partial charge in [0.1, 0.15) is 10.7 Å². The number of nitrogens with one attached hydrogen (secondary N) is 2. The second-order valence-corrected chi connectivity index (χ2v) is 9.18. The predicted molar refractivity (Wildman–Crippen MR) is 136 cm³/mol. The number of rotatable bonds is 5. The molecule has 3 aromatic rings. The Kier molecular flexibility index (Phi) is 7.43. The average molecular weight is 589 g/mol. The molecule has 37 heavy (non-hydrogen) atoms. The van der Waals surface area contributed by atoms with Crippen molar-refractivity contribution in [2.24, 2.45) is 0 Å². The van der Waals surface area contributed by atoms with Gasteiger partial charge in [0.25, 0.3) is 17.7 Å². The van der Waals surface area contributed by atoms with Crippen LogP contribution in [0, 0.1) is 0 Å². The van der Waals surface area contributed by atoms with Crippen LogP contribution < -0.4 is 15.5 Å². The zero-order valence-electron chi connectivity index (χ0n) is 18.1. The highest BCUT2D eigenvalue weighted by molar-refractivity contribution is 6.53. The van der Waals surface area contributed by atoms with E-state index in [0.29, 0.717) is 5.69 Å². The first-order chi connectivity index (χ1) is 17.4. The van der Waals surface area contributed by atoms with Crippen LogP contribution in [0.5, 0.6) is 0 Å². The molecule has 0 aromatic heterocycles. The van der Waals surface area contributed by atoms with Crippen molar-refractivity contribution >= 4 is 81.2 Å². The van der Waals surface area contributed by atoms with Gasteiger partial charge in [-0.3, -0.25) is 14.4 Å². The number of benzene rings is 3. The normalized spacial score (nSPS) is 13.9. The Labute approximate surface area is 227 Å². The molecule has 0 aliphatic carbocycles. The van der Waals surface area contributed by atoms with Gasteiger partial charge in [-0.25, -0.2) is 4.90 Å². The summed E-state index contributed by atoms with van der Waals surface area (Å²) in [4.78, 5) is 38.8. The van der Waals surface area contributed by atoms with Gasteiger partial charge in [0.15, 0.2) is 0 Å². The molecule has 6 nitrogen and oxygen atoms in total. The molecule has 3 amide bonds. The second-order valence-electron chi connectivity index (χ2n) is 7.58. The van der Waals surface area contributed by atoms with Gasteiger partial charge in [-0.05, 0) is 60.7 Å². The molecule has 3 aromatic carbocycles. The Morgan fingerprint density at radius 2 is 1.38 bits per heavy atom. The fraction of sp³-hybridized carbons (Fsp3) is 0.0417. The van der Waals surface area contributed by atoms with Gasteiger partial charge in [0, 0.05) is 16.9 Å². The maximum atomic E-state index is 13.1. The van der Waals surface area contributed by atoms with Crippen LogP contribution in [0.3, 0.4) is 0 Å². The quantitative estimate of drug-likeness (QED) is 0.305. The molecule has 0 saturated carbocycles. The van der Waals surface area contributed by atoms with E-state index in [-0.39, 0.29) is 37.7 Å². The highest BCUT2D eigenvalue weighted by atomic mass is 35.5. The number of anilines is 3. The summed E-state index contributed by atoms with van der Waals surface area (Å²) in [6.45, 7) is 0. The van der Waals surface area contributed by atoms with Crippen LogP contribution in [0.25, 0.3) is 0 Å². The number of amides is 3. The van der Waals surface area contributed by atoms with Gasteiger partial charge in [0.2, 0.25) is 0 Å². The van der Waals surface area contributed by atoms with Gasteiger partial charge < -0.3 is 10.6 Å². The van der Waals surface area contributed by atoms with Crippen molar-refractivity contribution in [3.05, 3.63) is 97.6 Å². The van der Waals surface area contributed by atoms with Crippen molar-refractivity contribution in [1.29, 1.82) is 0 Å². The van der Waals surface area contributed by atoms with E-state index in [1.807, 2.05) is 0 Å². The van der Waals surface area contributed by atoms with Crippen LogP contribution in [-0.4, -0.2) is 17.7 Å². The van der Waals surface area contributed by atoms with E-state index < -0.39 is 34.5 Å². The summed E-state index contributed by atoms with van der Waals surface area (Å²) >= 11 is 23.6. The van der Waals surface area contributed by atoms with Crippen molar-refractivity contribution in [2.75, 3.05) is 15.5 Å². The lowest BCUT2D eigenvalue weighted by Crippen LogP contribution is -2.32. The molecule has 4 rings (SSSR count). The Morgan fingerprint density at radius 1 is 0.757 bits per heavy atom.